The molecule has 0 spiro atoms. The summed E-state index contributed by atoms with van der Waals surface area (Å²) in [5.74, 6) is 0.547. The zero-order valence-electron chi connectivity index (χ0n) is 10.8. The van der Waals surface area contributed by atoms with Crippen LogP contribution in [0.15, 0.2) is 45.9 Å². The van der Waals surface area contributed by atoms with Crippen LogP contribution in [0.2, 0.25) is 0 Å². The van der Waals surface area contributed by atoms with Crippen LogP contribution in [0, 0.1) is 6.92 Å². The van der Waals surface area contributed by atoms with Crippen molar-refractivity contribution in [2.24, 2.45) is 5.73 Å². The zero-order valence-corrected chi connectivity index (χ0v) is 12.4. The smallest absolute Gasteiger partial charge is 0.241 e. The Kier molecular flexibility index (Phi) is 4.22. The first-order chi connectivity index (χ1) is 9.40. The highest BCUT2D eigenvalue weighted by Crippen LogP contribution is 2.17. The molecule has 1 aromatic carbocycles. The van der Waals surface area contributed by atoms with Gasteiger partial charge >= 0.3 is 0 Å². The fraction of sp³-hybridized carbons (Fsp3) is 0.154. The Hall–Kier alpha value is -1.70. The molecule has 1 aromatic heterocycles. The number of furan rings is 1. The SMILES string of the molecule is Cc1cc(C(N)=S)ccc1S(=O)(=O)NCc1ccco1. The first kappa shape index (κ1) is 14.7. The van der Waals surface area contributed by atoms with E-state index in [0.29, 0.717) is 16.9 Å². The Labute approximate surface area is 122 Å². The van der Waals surface area contributed by atoms with E-state index >= 15 is 0 Å². The van der Waals surface area contributed by atoms with Crippen LogP contribution in [0.25, 0.3) is 0 Å². The highest BCUT2D eigenvalue weighted by atomic mass is 32.2. The van der Waals surface area contributed by atoms with Gasteiger partial charge in [-0.3, -0.25) is 0 Å². The van der Waals surface area contributed by atoms with E-state index in [1.807, 2.05) is 0 Å². The van der Waals surface area contributed by atoms with Crippen molar-refractivity contribution < 1.29 is 12.8 Å². The first-order valence-corrected chi connectivity index (χ1v) is 7.72. The summed E-state index contributed by atoms with van der Waals surface area (Å²) in [6.45, 7) is 1.80. The van der Waals surface area contributed by atoms with Crippen molar-refractivity contribution in [1.29, 1.82) is 0 Å². The largest absolute Gasteiger partial charge is 0.468 e. The molecule has 0 aliphatic rings. The van der Waals surface area contributed by atoms with Gasteiger partial charge in [0.15, 0.2) is 0 Å². The summed E-state index contributed by atoms with van der Waals surface area (Å²) in [5.41, 5.74) is 6.75. The van der Waals surface area contributed by atoms with Crippen molar-refractivity contribution in [2.75, 3.05) is 0 Å². The summed E-state index contributed by atoms with van der Waals surface area (Å²) in [6, 6.07) is 8.14. The number of rotatable bonds is 5. The van der Waals surface area contributed by atoms with Crippen LogP contribution < -0.4 is 10.5 Å². The molecule has 1 heterocycles. The van der Waals surface area contributed by atoms with Crippen LogP contribution >= 0.6 is 12.2 Å². The molecule has 0 aliphatic heterocycles. The number of nitrogens with one attached hydrogen (secondary N) is 1. The third kappa shape index (κ3) is 3.24. The van der Waals surface area contributed by atoms with Crippen LogP contribution in [0.3, 0.4) is 0 Å². The maximum absolute atomic E-state index is 12.2. The normalized spacial score (nSPS) is 11.4. The number of aryl methyl sites for hydroxylation is 1. The van der Waals surface area contributed by atoms with Gasteiger partial charge < -0.3 is 10.2 Å². The second-order valence-corrected chi connectivity index (χ2v) is 6.42. The second-order valence-electron chi connectivity index (χ2n) is 4.25. The van der Waals surface area contributed by atoms with Gasteiger partial charge in [-0.2, -0.15) is 0 Å². The van der Waals surface area contributed by atoms with E-state index in [9.17, 15) is 8.42 Å². The van der Waals surface area contributed by atoms with Gasteiger partial charge in [0.05, 0.1) is 17.7 Å². The predicted molar refractivity (Wildman–Crippen MR) is 79.8 cm³/mol. The molecule has 0 atom stereocenters. The Morgan fingerprint density at radius 3 is 2.70 bits per heavy atom. The number of sulfonamides is 1. The average molecular weight is 310 g/mol. The molecule has 3 N–H and O–H groups in total. The lowest BCUT2D eigenvalue weighted by Gasteiger charge is -2.09. The van der Waals surface area contributed by atoms with Crippen molar-refractivity contribution >= 4 is 27.2 Å². The van der Waals surface area contributed by atoms with Crippen molar-refractivity contribution in [1.82, 2.24) is 4.72 Å². The van der Waals surface area contributed by atoms with Crippen LogP contribution in [0.1, 0.15) is 16.9 Å². The van der Waals surface area contributed by atoms with Gasteiger partial charge in [-0.15, -0.1) is 0 Å². The quantitative estimate of drug-likeness (QED) is 0.821. The second kappa shape index (κ2) is 5.74. The summed E-state index contributed by atoms with van der Waals surface area (Å²) >= 11 is 4.86. The fourth-order valence-corrected chi connectivity index (χ4v) is 3.11. The summed E-state index contributed by atoms with van der Waals surface area (Å²) in [5, 5.41) is 0. The lowest BCUT2D eigenvalue weighted by molar-refractivity contribution is 0.498. The van der Waals surface area contributed by atoms with Gasteiger partial charge in [-0.25, -0.2) is 13.1 Å². The molecule has 0 saturated carbocycles. The van der Waals surface area contributed by atoms with E-state index < -0.39 is 10.0 Å². The molecule has 0 aliphatic carbocycles. The van der Waals surface area contributed by atoms with E-state index in [1.54, 1.807) is 31.2 Å². The van der Waals surface area contributed by atoms with E-state index in [1.165, 1.54) is 12.3 Å². The highest BCUT2D eigenvalue weighted by Gasteiger charge is 2.17. The molecule has 0 bridgehead atoms. The molecule has 0 amide bonds. The lowest BCUT2D eigenvalue weighted by atomic mass is 10.1. The third-order valence-corrected chi connectivity index (χ3v) is 4.56. The molecule has 20 heavy (non-hydrogen) atoms. The summed E-state index contributed by atoms with van der Waals surface area (Å²) in [7, 11) is -3.60. The molecule has 0 saturated heterocycles. The minimum atomic E-state index is -3.60. The number of benzene rings is 1. The summed E-state index contributed by atoms with van der Waals surface area (Å²) in [6.07, 6.45) is 1.49. The van der Waals surface area contributed by atoms with Crippen LogP contribution in [0.4, 0.5) is 0 Å². The average Bonchev–Trinajstić information content (AvgIpc) is 2.89. The molecular formula is C13H14N2O3S2. The predicted octanol–water partition coefficient (Wildman–Crippen LogP) is 1.70. The fourth-order valence-electron chi connectivity index (χ4n) is 1.76. The minimum absolute atomic E-state index is 0.103. The third-order valence-electron chi connectivity index (χ3n) is 2.77. The lowest BCUT2D eigenvalue weighted by Crippen LogP contribution is -2.24. The Morgan fingerprint density at radius 2 is 2.15 bits per heavy atom. The number of nitrogens with two attached hydrogens (primary N) is 1. The molecule has 7 heteroatoms. The van der Waals surface area contributed by atoms with Gasteiger partial charge in [0, 0.05) is 5.56 Å². The summed E-state index contributed by atoms with van der Waals surface area (Å²) in [4.78, 5) is 0.435. The van der Waals surface area contributed by atoms with E-state index in [0.717, 1.165) is 0 Å². The van der Waals surface area contributed by atoms with E-state index in [4.69, 9.17) is 22.4 Å². The minimum Gasteiger partial charge on any atom is -0.468 e. The van der Waals surface area contributed by atoms with Gasteiger partial charge in [-0.1, -0.05) is 18.3 Å². The molecule has 0 radical (unpaired) electrons. The number of thiocarbonyl (C=S) groups is 1. The van der Waals surface area contributed by atoms with Gasteiger partial charge in [0.2, 0.25) is 10.0 Å². The highest BCUT2D eigenvalue weighted by molar-refractivity contribution is 7.89. The number of hydrogen-bond donors (Lipinski definition) is 2. The molecule has 2 rings (SSSR count). The Bertz CT molecular complexity index is 722. The first-order valence-electron chi connectivity index (χ1n) is 5.82. The molecular weight excluding hydrogens is 296 g/mol. The Balaban J connectivity index is 2.23. The van der Waals surface area contributed by atoms with Crippen molar-refractivity contribution in [3.8, 4) is 0 Å². The summed E-state index contributed by atoms with van der Waals surface area (Å²) < 4.78 is 32.0. The van der Waals surface area contributed by atoms with Gasteiger partial charge in [-0.05, 0) is 36.8 Å². The zero-order chi connectivity index (χ0) is 14.8. The van der Waals surface area contributed by atoms with Crippen molar-refractivity contribution in [3.63, 3.8) is 0 Å². The van der Waals surface area contributed by atoms with Crippen molar-refractivity contribution in [3.05, 3.63) is 53.5 Å². The van der Waals surface area contributed by atoms with Crippen LogP contribution in [-0.4, -0.2) is 13.4 Å². The van der Waals surface area contributed by atoms with Crippen molar-refractivity contribution in [2.45, 2.75) is 18.4 Å². The van der Waals surface area contributed by atoms with Crippen LogP contribution in [-0.2, 0) is 16.6 Å². The standard InChI is InChI=1S/C13H14N2O3S2/c1-9-7-10(13(14)19)4-5-12(9)20(16,17)15-8-11-3-2-6-18-11/h2-7,15H,8H2,1H3,(H2,14,19). The van der Waals surface area contributed by atoms with Gasteiger partial charge in [0.25, 0.3) is 0 Å². The molecule has 2 aromatic rings. The monoisotopic (exact) mass is 310 g/mol. The maximum Gasteiger partial charge on any atom is 0.241 e. The molecule has 106 valence electrons. The van der Waals surface area contributed by atoms with Crippen LogP contribution in [0.5, 0.6) is 0 Å². The van der Waals surface area contributed by atoms with E-state index in [-0.39, 0.29) is 16.4 Å². The topological polar surface area (TPSA) is 85.3 Å². The molecule has 0 unspecified atom stereocenters. The molecule has 5 nitrogen and oxygen atoms in total. The maximum atomic E-state index is 12.2. The Morgan fingerprint density at radius 1 is 1.40 bits per heavy atom. The van der Waals surface area contributed by atoms with E-state index in [2.05, 4.69) is 4.72 Å². The van der Waals surface area contributed by atoms with Gasteiger partial charge in [0.1, 0.15) is 10.7 Å². The number of hydrogen-bond acceptors (Lipinski definition) is 4. The molecule has 0 fully saturated rings.